The molecule has 242 valence electrons. The second-order valence-corrected chi connectivity index (χ2v) is 10.8. The first-order valence-corrected chi connectivity index (χ1v) is 14.6. The minimum absolute atomic E-state index is 0.00993. The lowest BCUT2D eigenvalue weighted by atomic mass is 9.81. The number of allylic oxidation sites excluding steroid dienone is 1. The van der Waals surface area contributed by atoms with Crippen molar-refractivity contribution in [1.29, 1.82) is 0 Å². The van der Waals surface area contributed by atoms with Gasteiger partial charge in [-0.05, 0) is 51.3 Å². The topological polar surface area (TPSA) is 189 Å². The second-order valence-electron chi connectivity index (χ2n) is 10.8. The molecule has 1 aliphatic rings. The summed E-state index contributed by atoms with van der Waals surface area (Å²) in [6, 6.07) is 15.5. The van der Waals surface area contributed by atoms with Crippen LogP contribution in [0.5, 0.6) is 0 Å². The number of carbonyl (C=O) groups is 2. The Morgan fingerprint density at radius 2 is 1.67 bits per heavy atom. The first-order valence-electron chi connectivity index (χ1n) is 14.6. The number of nitro groups is 1. The predicted octanol–water partition coefficient (Wildman–Crippen LogP) is 4.10. The maximum Gasteiger partial charge on any atom is 0.338 e. The van der Waals surface area contributed by atoms with E-state index >= 15 is 0 Å². The van der Waals surface area contributed by atoms with Crippen LogP contribution >= 0.6 is 0 Å². The Labute approximate surface area is 261 Å². The van der Waals surface area contributed by atoms with E-state index in [1.807, 2.05) is 42.3 Å². The molecule has 0 aromatic heterocycles. The van der Waals surface area contributed by atoms with Crippen molar-refractivity contribution in [2.75, 3.05) is 26.8 Å². The summed E-state index contributed by atoms with van der Waals surface area (Å²) < 4.78 is 11.3. The Morgan fingerprint density at radius 3 is 2.33 bits per heavy atom. The molecular formula is C31H39N5O9. The zero-order valence-electron chi connectivity index (χ0n) is 25.6. The van der Waals surface area contributed by atoms with Gasteiger partial charge in [-0.3, -0.25) is 15.0 Å². The maximum atomic E-state index is 13.7. The van der Waals surface area contributed by atoms with Gasteiger partial charge >= 0.3 is 11.9 Å². The molecule has 0 fully saturated rings. The number of carbonyl (C=O) groups excluding carboxylic acids is 2. The number of dihydropyridines is 1. The normalized spacial score (nSPS) is 15.3. The summed E-state index contributed by atoms with van der Waals surface area (Å²) in [6.45, 7) is 4.43. The van der Waals surface area contributed by atoms with E-state index < -0.39 is 34.0 Å². The second kappa shape index (κ2) is 16.8. The summed E-state index contributed by atoms with van der Waals surface area (Å²) in [7, 11) is 1.90. The first-order chi connectivity index (χ1) is 21.5. The van der Waals surface area contributed by atoms with E-state index in [1.54, 1.807) is 19.9 Å². The number of hydrogen-bond acceptors (Lipinski definition) is 12. The Morgan fingerprint density at radius 1 is 0.978 bits per heavy atom. The fourth-order valence-electron chi connectivity index (χ4n) is 5.12. The molecule has 45 heavy (non-hydrogen) atoms. The van der Waals surface area contributed by atoms with E-state index in [1.165, 1.54) is 18.2 Å². The van der Waals surface area contributed by atoms with Crippen LogP contribution in [0, 0.1) is 20.2 Å². The van der Waals surface area contributed by atoms with E-state index in [-0.39, 0.29) is 35.9 Å². The highest BCUT2D eigenvalue weighted by Gasteiger charge is 2.39. The molecule has 0 amide bonds. The molecule has 0 saturated carbocycles. The summed E-state index contributed by atoms with van der Waals surface area (Å²) >= 11 is 0. The highest BCUT2D eigenvalue weighted by Crippen LogP contribution is 2.39. The van der Waals surface area contributed by atoms with Gasteiger partial charge in [0.15, 0.2) is 0 Å². The monoisotopic (exact) mass is 625 g/mol. The zero-order chi connectivity index (χ0) is 32.9. The molecule has 0 aliphatic carbocycles. The molecule has 2 aromatic carbocycles. The van der Waals surface area contributed by atoms with Crippen molar-refractivity contribution in [2.45, 2.75) is 58.1 Å². The number of hydrogen-bond donors (Lipinski definition) is 2. The summed E-state index contributed by atoms with van der Waals surface area (Å²) in [4.78, 5) is 54.7. The van der Waals surface area contributed by atoms with E-state index in [9.17, 15) is 29.8 Å². The molecule has 3 N–H and O–H groups in total. The molecular weight excluding hydrogens is 586 g/mol. The van der Waals surface area contributed by atoms with E-state index in [0.29, 0.717) is 50.0 Å². The highest BCUT2D eigenvalue weighted by molar-refractivity contribution is 6.00. The van der Waals surface area contributed by atoms with Crippen LogP contribution in [0.2, 0.25) is 0 Å². The lowest BCUT2D eigenvalue weighted by Crippen LogP contribution is -2.38. The minimum Gasteiger partial charge on any atom is -0.462 e. The lowest BCUT2D eigenvalue weighted by Gasteiger charge is -2.31. The number of nitro benzene ring substituents is 1. The number of nitrogens with one attached hydrogen (secondary N) is 1. The van der Waals surface area contributed by atoms with Crippen LogP contribution in [0.4, 0.5) is 5.69 Å². The van der Waals surface area contributed by atoms with Gasteiger partial charge in [-0.1, -0.05) is 48.9 Å². The smallest absolute Gasteiger partial charge is 0.338 e. The van der Waals surface area contributed by atoms with E-state index in [2.05, 4.69) is 10.2 Å². The average molecular weight is 626 g/mol. The van der Waals surface area contributed by atoms with Crippen molar-refractivity contribution >= 4 is 17.6 Å². The molecule has 2 atom stereocenters. The van der Waals surface area contributed by atoms with E-state index in [4.69, 9.17) is 15.2 Å². The zero-order valence-corrected chi connectivity index (χ0v) is 25.6. The van der Waals surface area contributed by atoms with Crippen molar-refractivity contribution in [3.8, 4) is 0 Å². The van der Waals surface area contributed by atoms with Gasteiger partial charge in [-0.25, -0.2) is 9.59 Å². The van der Waals surface area contributed by atoms with Crippen LogP contribution in [-0.2, 0) is 30.4 Å². The number of nitrogens with two attached hydrogens (primary N) is 1. The van der Waals surface area contributed by atoms with Gasteiger partial charge in [0.25, 0.3) is 10.8 Å². The number of unbranched alkanes of at least 4 members (excludes halogenated alkanes) is 3. The fourth-order valence-corrected chi connectivity index (χ4v) is 5.12. The summed E-state index contributed by atoms with van der Waals surface area (Å²) in [5.74, 6) is -2.62. The first kappa shape index (κ1) is 34.5. The number of benzene rings is 2. The number of rotatable bonds is 17. The maximum absolute atomic E-state index is 13.7. The van der Waals surface area contributed by atoms with Crippen molar-refractivity contribution in [3.05, 3.63) is 109 Å². The lowest BCUT2D eigenvalue weighted by molar-refractivity contribution is -0.757. The van der Waals surface area contributed by atoms with Gasteiger partial charge < -0.3 is 25.4 Å². The number of nitrogens with zero attached hydrogens (tertiary/aromatic N) is 3. The Balaban J connectivity index is 1.77. The third-order valence-electron chi connectivity index (χ3n) is 7.09. The molecule has 0 saturated heterocycles. The van der Waals surface area contributed by atoms with Crippen molar-refractivity contribution in [3.63, 3.8) is 0 Å². The third kappa shape index (κ3) is 10.3. The molecule has 0 radical (unpaired) electrons. The van der Waals surface area contributed by atoms with Crippen LogP contribution in [-0.4, -0.2) is 59.8 Å². The van der Waals surface area contributed by atoms with Crippen LogP contribution < -0.4 is 11.1 Å². The molecule has 0 bridgehead atoms. The van der Waals surface area contributed by atoms with Crippen molar-refractivity contribution < 1.29 is 33.9 Å². The number of esters is 2. The molecule has 0 spiro atoms. The third-order valence-corrected chi connectivity index (χ3v) is 7.09. The number of likely N-dealkylation sites (N-methyl/N-ethyl adjacent to an activating group) is 1. The minimum atomic E-state index is -1.10. The van der Waals surface area contributed by atoms with Crippen molar-refractivity contribution in [2.24, 2.45) is 5.73 Å². The summed E-state index contributed by atoms with van der Waals surface area (Å²) in [6.07, 6.45) is 1.69. The number of non-ortho nitro benzene ring substituents is 1. The Bertz CT molecular complexity index is 1430. The van der Waals surface area contributed by atoms with Gasteiger partial charge in [0, 0.05) is 30.9 Å². The highest BCUT2D eigenvalue weighted by atomic mass is 16.9. The summed E-state index contributed by atoms with van der Waals surface area (Å²) in [5.41, 5.74) is 7.84. The molecule has 2 unspecified atom stereocenters. The van der Waals surface area contributed by atoms with Gasteiger partial charge in [-0.2, -0.15) is 0 Å². The fraction of sp³-hybridized carbons (Fsp3) is 0.419. The molecule has 3 rings (SSSR count). The molecule has 2 aromatic rings. The van der Waals surface area contributed by atoms with Gasteiger partial charge in [0.05, 0.1) is 35.2 Å². The van der Waals surface area contributed by atoms with Crippen LogP contribution in [0.15, 0.2) is 77.3 Å². The largest absolute Gasteiger partial charge is 0.462 e. The standard InChI is InChI=1S/C31H39N5O9/c1-21(19-34(3)20-23-12-7-6-8-13-23)45-31(38)28-27(24-14-11-15-25(18-24)35(39)40)26(22(2)33-29(28)32)30(37)43-16-9-4-5-10-17-44-36(41)42/h6-8,11-15,18,21,27,33H,4-5,9-10,16-17,19-20,32H2,1-3H3. The molecule has 14 nitrogen and oxygen atoms in total. The Hall–Kier alpha value is -4.98. The van der Waals surface area contributed by atoms with Gasteiger partial charge in [0.1, 0.15) is 11.9 Å². The van der Waals surface area contributed by atoms with Crippen molar-refractivity contribution in [1.82, 2.24) is 10.2 Å². The van der Waals surface area contributed by atoms with Crippen LogP contribution in [0.1, 0.15) is 56.6 Å². The molecule has 1 aliphatic heterocycles. The quantitative estimate of drug-likeness (QED) is 0.111. The van der Waals surface area contributed by atoms with Crippen LogP contribution in [0.25, 0.3) is 0 Å². The SMILES string of the molecule is CC1=C(C(=O)OCCCCCCO[N+](=O)[O-])C(c2cccc([N+](=O)[O-])c2)C(C(=O)OC(C)CN(C)Cc2ccccc2)=C(N)N1. The van der Waals surface area contributed by atoms with Crippen LogP contribution in [0.3, 0.4) is 0 Å². The molecule has 1 heterocycles. The van der Waals surface area contributed by atoms with Gasteiger partial charge in [-0.15, -0.1) is 10.1 Å². The average Bonchev–Trinajstić information content (AvgIpc) is 2.98. The predicted molar refractivity (Wildman–Crippen MR) is 164 cm³/mol. The van der Waals surface area contributed by atoms with Gasteiger partial charge in [0.2, 0.25) is 0 Å². The summed E-state index contributed by atoms with van der Waals surface area (Å²) in [5, 5.41) is 23.9. The Kier molecular flexibility index (Phi) is 12.8. The van der Waals surface area contributed by atoms with E-state index in [0.717, 1.165) is 5.56 Å². The molecule has 14 heteroatoms. The number of ether oxygens (including phenoxy) is 2.